The number of benzene rings is 2. The molecule has 0 saturated carbocycles. The number of hydrogen-bond donors (Lipinski definition) is 1. The molecule has 6 nitrogen and oxygen atoms in total. The summed E-state index contributed by atoms with van der Waals surface area (Å²) in [5, 5.41) is 2.83. The van der Waals surface area contributed by atoms with Crippen LogP contribution in [0.5, 0.6) is 5.75 Å². The molecule has 1 amide bonds. The highest BCUT2D eigenvalue weighted by molar-refractivity contribution is 7.89. The van der Waals surface area contributed by atoms with Crippen LogP contribution in [0.4, 0.5) is 5.69 Å². The van der Waals surface area contributed by atoms with Gasteiger partial charge in [0.25, 0.3) is 5.91 Å². The van der Waals surface area contributed by atoms with E-state index in [-0.39, 0.29) is 17.4 Å². The Morgan fingerprint density at radius 3 is 2.28 bits per heavy atom. The van der Waals surface area contributed by atoms with Crippen molar-refractivity contribution in [2.45, 2.75) is 44.9 Å². The van der Waals surface area contributed by atoms with Crippen LogP contribution in [-0.4, -0.2) is 38.3 Å². The number of carbonyl (C=O) groups excluding carboxylic acids is 1. The van der Waals surface area contributed by atoms with Crippen LogP contribution < -0.4 is 10.1 Å². The number of rotatable bonds is 6. The molecule has 0 spiro atoms. The molecule has 29 heavy (non-hydrogen) atoms. The lowest BCUT2D eigenvalue weighted by atomic mass is 10.1. The van der Waals surface area contributed by atoms with E-state index in [2.05, 4.69) is 5.32 Å². The minimum Gasteiger partial charge on any atom is -0.483 e. The second kappa shape index (κ2) is 8.97. The first-order chi connectivity index (χ1) is 13.8. The molecule has 1 saturated heterocycles. The number of nitrogens with zero attached hydrogens (tertiary/aromatic N) is 1. The summed E-state index contributed by atoms with van der Waals surface area (Å²) >= 11 is 0. The Hall–Kier alpha value is -2.38. The fraction of sp³-hybridized carbons (Fsp3) is 0.409. The fourth-order valence-corrected chi connectivity index (χ4v) is 5.19. The Morgan fingerprint density at radius 1 is 1.00 bits per heavy atom. The van der Waals surface area contributed by atoms with Gasteiger partial charge < -0.3 is 10.1 Å². The molecule has 1 aliphatic rings. The van der Waals surface area contributed by atoms with Gasteiger partial charge in [0.05, 0.1) is 4.90 Å². The summed E-state index contributed by atoms with van der Waals surface area (Å²) in [6.45, 7) is 6.72. The molecule has 0 bridgehead atoms. The molecule has 156 valence electrons. The van der Waals surface area contributed by atoms with Gasteiger partial charge in [-0.15, -0.1) is 0 Å². The highest BCUT2D eigenvalue weighted by Crippen LogP contribution is 2.26. The Morgan fingerprint density at radius 2 is 1.66 bits per heavy atom. The Kier molecular flexibility index (Phi) is 6.59. The molecule has 1 heterocycles. The molecule has 2 aromatic carbocycles. The molecular weight excluding hydrogens is 388 g/mol. The summed E-state index contributed by atoms with van der Waals surface area (Å²) in [4.78, 5) is 12.5. The normalized spacial score (nSPS) is 15.1. The van der Waals surface area contributed by atoms with E-state index in [1.807, 2.05) is 32.0 Å². The molecular formula is C22H28N2O4S. The summed E-state index contributed by atoms with van der Waals surface area (Å²) in [5.41, 5.74) is 3.56. The van der Waals surface area contributed by atoms with E-state index in [0.717, 1.165) is 36.1 Å². The standard InChI is InChI=1S/C22H28N2O4S/c1-16-11-17(2)13-19(12-16)23-22(25)15-28-21-8-7-20(14-18(21)3)29(26,27)24-9-5-4-6-10-24/h7-8,11-14H,4-6,9-10,15H2,1-3H3,(H,23,25). The number of aryl methyl sites for hydroxylation is 3. The maximum absolute atomic E-state index is 12.8. The zero-order valence-electron chi connectivity index (χ0n) is 17.2. The van der Waals surface area contributed by atoms with Crippen LogP contribution >= 0.6 is 0 Å². The van der Waals surface area contributed by atoms with Crippen molar-refractivity contribution < 1.29 is 17.9 Å². The molecule has 2 aromatic rings. The topological polar surface area (TPSA) is 75.7 Å². The van der Waals surface area contributed by atoms with Crippen molar-refractivity contribution in [3.05, 3.63) is 53.1 Å². The zero-order valence-corrected chi connectivity index (χ0v) is 18.0. The average Bonchev–Trinajstić information content (AvgIpc) is 2.67. The lowest BCUT2D eigenvalue weighted by molar-refractivity contribution is -0.118. The lowest BCUT2D eigenvalue weighted by Gasteiger charge is -2.26. The van der Waals surface area contributed by atoms with Crippen LogP contribution in [0, 0.1) is 20.8 Å². The SMILES string of the molecule is Cc1cc(C)cc(NC(=O)COc2ccc(S(=O)(=O)N3CCCCC3)cc2C)c1. The Labute approximate surface area is 172 Å². The average molecular weight is 417 g/mol. The van der Waals surface area contributed by atoms with E-state index in [4.69, 9.17) is 4.74 Å². The molecule has 0 unspecified atom stereocenters. The van der Waals surface area contributed by atoms with Gasteiger partial charge in [0.2, 0.25) is 10.0 Å². The predicted molar refractivity (Wildman–Crippen MR) is 114 cm³/mol. The van der Waals surface area contributed by atoms with Crippen LogP contribution in [0.25, 0.3) is 0 Å². The Balaban J connectivity index is 1.64. The summed E-state index contributed by atoms with van der Waals surface area (Å²) < 4.78 is 32.8. The van der Waals surface area contributed by atoms with Crippen molar-refractivity contribution in [3.63, 3.8) is 0 Å². The minimum atomic E-state index is -3.48. The van der Waals surface area contributed by atoms with Gasteiger partial charge in [0, 0.05) is 18.8 Å². The molecule has 1 aliphatic heterocycles. The number of hydrogen-bond acceptors (Lipinski definition) is 4. The summed E-state index contributed by atoms with van der Waals surface area (Å²) in [6.07, 6.45) is 2.87. The summed E-state index contributed by atoms with van der Waals surface area (Å²) in [6, 6.07) is 10.6. The first-order valence-electron chi connectivity index (χ1n) is 9.87. The molecule has 0 radical (unpaired) electrons. The van der Waals surface area contributed by atoms with Gasteiger partial charge in [-0.2, -0.15) is 4.31 Å². The second-order valence-corrected chi connectivity index (χ2v) is 9.54. The highest BCUT2D eigenvalue weighted by Gasteiger charge is 2.26. The van der Waals surface area contributed by atoms with E-state index in [0.29, 0.717) is 24.4 Å². The van der Waals surface area contributed by atoms with Gasteiger partial charge >= 0.3 is 0 Å². The van der Waals surface area contributed by atoms with Gasteiger partial charge in [-0.25, -0.2) is 8.42 Å². The van der Waals surface area contributed by atoms with Gasteiger partial charge in [-0.1, -0.05) is 12.5 Å². The van der Waals surface area contributed by atoms with Crippen molar-refractivity contribution in [2.24, 2.45) is 0 Å². The third-order valence-electron chi connectivity index (χ3n) is 4.96. The molecule has 1 N–H and O–H groups in total. The Bertz CT molecular complexity index is 976. The fourth-order valence-electron chi connectivity index (χ4n) is 3.59. The predicted octanol–water partition coefficient (Wildman–Crippen LogP) is 3.80. The quantitative estimate of drug-likeness (QED) is 0.777. The maximum Gasteiger partial charge on any atom is 0.262 e. The monoisotopic (exact) mass is 416 g/mol. The zero-order chi connectivity index (χ0) is 21.0. The number of amides is 1. The number of nitrogens with one attached hydrogen (secondary N) is 1. The molecule has 3 rings (SSSR count). The van der Waals surface area contributed by atoms with Crippen LogP contribution in [0.15, 0.2) is 41.3 Å². The number of piperidine rings is 1. The van der Waals surface area contributed by atoms with Crippen LogP contribution in [0.1, 0.15) is 36.0 Å². The number of sulfonamides is 1. The van der Waals surface area contributed by atoms with Gasteiger partial charge in [-0.05, 0) is 80.6 Å². The first kappa shape index (κ1) is 21.3. The van der Waals surface area contributed by atoms with Crippen molar-refractivity contribution in [3.8, 4) is 5.75 Å². The maximum atomic E-state index is 12.8. The smallest absolute Gasteiger partial charge is 0.262 e. The van der Waals surface area contributed by atoms with E-state index >= 15 is 0 Å². The molecule has 0 aromatic heterocycles. The van der Waals surface area contributed by atoms with Crippen LogP contribution in [0.3, 0.4) is 0 Å². The minimum absolute atomic E-state index is 0.147. The summed E-state index contributed by atoms with van der Waals surface area (Å²) in [7, 11) is -3.48. The number of carbonyl (C=O) groups is 1. The first-order valence-corrected chi connectivity index (χ1v) is 11.3. The number of ether oxygens (including phenoxy) is 1. The van der Waals surface area contributed by atoms with Gasteiger partial charge in [0.15, 0.2) is 6.61 Å². The largest absolute Gasteiger partial charge is 0.483 e. The van der Waals surface area contributed by atoms with Crippen molar-refractivity contribution >= 4 is 21.6 Å². The van der Waals surface area contributed by atoms with Crippen molar-refractivity contribution in [2.75, 3.05) is 25.0 Å². The van der Waals surface area contributed by atoms with E-state index in [1.165, 1.54) is 0 Å². The van der Waals surface area contributed by atoms with Crippen molar-refractivity contribution in [1.29, 1.82) is 0 Å². The third-order valence-corrected chi connectivity index (χ3v) is 6.86. The van der Waals surface area contributed by atoms with Gasteiger partial charge in [0.1, 0.15) is 5.75 Å². The lowest BCUT2D eigenvalue weighted by Crippen LogP contribution is -2.35. The van der Waals surface area contributed by atoms with Crippen molar-refractivity contribution in [1.82, 2.24) is 4.31 Å². The number of anilines is 1. The van der Waals surface area contributed by atoms with E-state index in [1.54, 1.807) is 29.4 Å². The summed E-state index contributed by atoms with van der Waals surface area (Å²) in [5.74, 6) is 0.234. The third kappa shape index (κ3) is 5.36. The second-order valence-electron chi connectivity index (χ2n) is 7.61. The molecule has 7 heteroatoms. The molecule has 0 aliphatic carbocycles. The van der Waals surface area contributed by atoms with E-state index < -0.39 is 10.0 Å². The molecule has 0 atom stereocenters. The van der Waals surface area contributed by atoms with Crippen LogP contribution in [-0.2, 0) is 14.8 Å². The van der Waals surface area contributed by atoms with Gasteiger partial charge in [-0.3, -0.25) is 4.79 Å². The van der Waals surface area contributed by atoms with E-state index in [9.17, 15) is 13.2 Å². The highest BCUT2D eigenvalue weighted by atomic mass is 32.2. The van der Waals surface area contributed by atoms with Crippen LogP contribution in [0.2, 0.25) is 0 Å². The molecule has 1 fully saturated rings.